The van der Waals surface area contributed by atoms with Crippen molar-refractivity contribution < 1.29 is 21.7 Å². The molecule has 0 aromatic carbocycles. The molecule has 0 fully saturated rings. The summed E-state index contributed by atoms with van der Waals surface area (Å²) in [6, 6.07) is 0. The van der Waals surface area contributed by atoms with E-state index in [1.54, 1.807) is 11.6 Å². The van der Waals surface area contributed by atoms with Gasteiger partial charge in [0.15, 0.2) is 0 Å². The van der Waals surface area contributed by atoms with Crippen LogP contribution in [0.1, 0.15) is 34.6 Å². The summed E-state index contributed by atoms with van der Waals surface area (Å²) in [6.07, 6.45) is 8.06. The van der Waals surface area contributed by atoms with Gasteiger partial charge in [-0.2, -0.15) is 0 Å². The van der Waals surface area contributed by atoms with Crippen LogP contribution in [-0.2, 0) is 21.7 Å². The molecule has 2 heteroatoms. The molecule has 1 aliphatic carbocycles. The van der Waals surface area contributed by atoms with Gasteiger partial charge in [-0.15, -0.1) is 0 Å². The Hall–Kier alpha value is -0.109. The molecule has 0 bridgehead atoms. The molecule has 1 aliphatic rings. The van der Waals surface area contributed by atoms with Crippen molar-refractivity contribution in [2.75, 3.05) is 0 Å². The van der Waals surface area contributed by atoms with Crippen LogP contribution in [-0.4, -0.2) is 8.80 Å². The first kappa shape index (κ1) is 20.2. The van der Waals surface area contributed by atoms with Crippen LogP contribution in [0.25, 0.3) is 0 Å². The fourth-order valence-electron chi connectivity index (χ4n) is 2.10. The van der Waals surface area contributed by atoms with Gasteiger partial charge in [0.1, 0.15) is 0 Å². The summed E-state index contributed by atoms with van der Waals surface area (Å²) in [5.74, 6) is 0. The molecule has 0 saturated heterocycles. The van der Waals surface area contributed by atoms with Gasteiger partial charge in [-0.05, 0) is 38.3 Å². The van der Waals surface area contributed by atoms with Gasteiger partial charge in [0.25, 0.3) is 0 Å². The molecule has 0 amide bonds. The fourth-order valence-corrected chi connectivity index (χ4v) is 3.77. The molecular weight excluding hydrogens is 268 g/mol. The van der Waals surface area contributed by atoms with Crippen LogP contribution in [0, 0.1) is 0 Å². The summed E-state index contributed by atoms with van der Waals surface area (Å²) < 4.78 is 0. The maximum atomic E-state index is 3.46. The third kappa shape index (κ3) is 4.87. The molecule has 0 radical (unpaired) electrons. The Bertz CT molecular complexity index is 361. The summed E-state index contributed by atoms with van der Waals surface area (Å²) in [7, 11) is -0.607. The average Bonchev–Trinajstić information content (AvgIpc) is 2.46. The summed E-state index contributed by atoms with van der Waals surface area (Å²) >= 11 is 0. The largest absolute Gasteiger partial charge is 2.00 e. The molecule has 0 aliphatic heterocycles. The van der Waals surface area contributed by atoms with Gasteiger partial charge in [0, 0.05) is 8.80 Å². The van der Waals surface area contributed by atoms with E-state index < -0.39 is 8.80 Å². The minimum absolute atomic E-state index is 0. The third-order valence-corrected chi connectivity index (χ3v) is 7.00. The maximum absolute atomic E-state index is 3.46. The van der Waals surface area contributed by atoms with Crippen molar-refractivity contribution in [3.05, 3.63) is 47.6 Å². The van der Waals surface area contributed by atoms with Crippen molar-refractivity contribution in [1.82, 2.24) is 0 Å². The molecule has 1 unspecified atom stereocenters. The van der Waals surface area contributed by atoms with Gasteiger partial charge < -0.3 is 0 Å². The van der Waals surface area contributed by atoms with E-state index in [2.05, 4.69) is 53.4 Å². The van der Waals surface area contributed by atoms with E-state index in [1.165, 1.54) is 11.1 Å². The second kappa shape index (κ2) is 8.90. The van der Waals surface area contributed by atoms with Gasteiger partial charge in [-0.25, -0.2) is 0 Å². The zero-order chi connectivity index (χ0) is 13.6. The van der Waals surface area contributed by atoms with E-state index in [4.69, 9.17) is 0 Å². The zero-order valence-electron chi connectivity index (χ0n) is 13.1. The molecular formula is C16H28SiTi+2. The van der Waals surface area contributed by atoms with Crippen LogP contribution in [0.4, 0.5) is 0 Å². The minimum atomic E-state index is -0.607. The number of rotatable bonds is 2. The second-order valence-corrected chi connectivity index (χ2v) is 8.78. The van der Waals surface area contributed by atoms with Gasteiger partial charge in [0.05, 0.1) is 0 Å². The van der Waals surface area contributed by atoms with Crippen LogP contribution in [0.3, 0.4) is 0 Å². The molecule has 0 N–H and O–H groups in total. The second-order valence-electron chi connectivity index (χ2n) is 5.28. The molecule has 98 valence electrons. The van der Waals surface area contributed by atoms with E-state index in [-0.39, 0.29) is 21.7 Å². The fraction of sp³-hybridized carbons (Fsp3) is 0.500. The number of allylic oxidation sites excluding steroid dienone is 7. The molecule has 0 heterocycles. The van der Waals surface area contributed by atoms with Crippen LogP contribution >= 0.6 is 0 Å². The molecule has 0 aromatic rings. The standard InChI is InChI=1S/C11H20Si.C5H8.Ti/c1-8-7-11(4,12(5)6)10(3)9(8)2;1-3-5-4-2;/h7,12H,1-6H3;3-5H,1H2,2H3;/q;;+2. The van der Waals surface area contributed by atoms with Crippen molar-refractivity contribution in [2.24, 2.45) is 0 Å². The molecule has 0 nitrogen and oxygen atoms in total. The van der Waals surface area contributed by atoms with Gasteiger partial charge in [0.2, 0.25) is 0 Å². The van der Waals surface area contributed by atoms with Crippen molar-refractivity contribution in [1.29, 1.82) is 0 Å². The molecule has 0 aromatic heterocycles. The van der Waals surface area contributed by atoms with Gasteiger partial charge >= 0.3 is 21.7 Å². The van der Waals surface area contributed by atoms with E-state index in [1.807, 2.05) is 19.1 Å². The SMILES string of the molecule is C=CC=CC.CC1=CC(C)([SiH](C)C)C(C)=C1C.[Ti+2]. The van der Waals surface area contributed by atoms with E-state index in [0.717, 1.165) is 0 Å². The monoisotopic (exact) mass is 296 g/mol. The van der Waals surface area contributed by atoms with Crippen molar-refractivity contribution >= 4 is 8.80 Å². The van der Waals surface area contributed by atoms with Crippen molar-refractivity contribution in [3.63, 3.8) is 0 Å². The van der Waals surface area contributed by atoms with Crippen molar-refractivity contribution in [2.45, 2.75) is 52.8 Å². The topological polar surface area (TPSA) is 0 Å². The quantitative estimate of drug-likeness (QED) is 0.480. The Kier molecular flexibility index (Phi) is 10.00. The Morgan fingerprint density at radius 1 is 1.22 bits per heavy atom. The van der Waals surface area contributed by atoms with Crippen LogP contribution in [0.5, 0.6) is 0 Å². The Morgan fingerprint density at radius 2 is 1.72 bits per heavy atom. The summed E-state index contributed by atoms with van der Waals surface area (Å²) in [4.78, 5) is 0. The third-order valence-electron chi connectivity index (χ3n) is 4.01. The molecule has 18 heavy (non-hydrogen) atoms. The van der Waals surface area contributed by atoms with Crippen LogP contribution in [0.15, 0.2) is 47.6 Å². The van der Waals surface area contributed by atoms with E-state index in [0.29, 0.717) is 5.04 Å². The first-order chi connectivity index (χ1) is 7.81. The van der Waals surface area contributed by atoms with Crippen LogP contribution in [0.2, 0.25) is 18.1 Å². The van der Waals surface area contributed by atoms with E-state index >= 15 is 0 Å². The molecule has 0 spiro atoms. The first-order valence-corrected chi connectivity index (χ1v) is 9.31. The van der Waals surface area contributed by atoms with Crippen molar-refractivity contribution in [3.8, 4) is 0 Å². The average molecular weight is 296 g/mol. The molecule has 1 atom stereocenters. The summed E-state index contributed by atoms with van der Waals surface area (Å²) in [5, 5.41) is 0.453. The predicted octanol–water partition coefficient (Wildman–Crippen LogP) is 5.28. The normalized spacial score (nSPS) is 22.6. The molecule has 1 rings (SSSR count). The van der Waals surface area contributed by atoms with E-state index in [9.17, 15) is 0 Å². The Morgan fingerprint density at radius 3 is 1.83 bits per heavy atom. The smallest absolute Gasteiger partial charge is 0.0991 e. The summed E-state index contributed by atoms with van der Waals surface area (Å²) in [6.45, 7) is 19.5. The first-order valence-electron chi connectivity index (χ1n) is 6.42. The minimum Gasteiger partial charge on any atom is -0.0991 e. The Labute approximate surface area is 130 Å². The maximum Gasteiger partial charge on any atom is 2.00 e. The Balaban J connectivity index is 0. The molecule has 0 saturated carbocycles. The number of hydrogen-bond acceptors (Lipinski definition) is 0. The number of hydrogen-bond donors (Lipinski definition) is 0. The van der Waals surface area contributed by atoms with Gasteiger partial charge in [-0.3, -0.25) is 0 Å². The van der Waals surface area contributed by atoms with Crippen LogP contribution < -0.4 is 0 Å². The van der Waals surface area contributed by atoms with Gasteiger partial charge in [-0.1, -0.05) is 62.0 Å². The predicted molar refractivity (Wildman–Crippen MR) is 84.4 cm³/mol. The zero-order valence-corrected chi connectivity index (χ0v) is 15.8. The summed E-state index contributed by atoms with van der Waals surface area (Å²) in [5.41, 5.74) is 4.64.